The van der Waals surface area contributed by atoms with Crippen LogP contribution in [0.5, 0.6) is 0 Å². The molecule has 0 radical (unpaired) electrons. The van der Waals surface area contributed by atoms with Crippen molar-refractivity contribution in [3.05, 3.63) is 35.9 Å². The molecule has 0 spiro atoms. The van der Waals surface area contributed by atoms with E-state index in [2.05, 4.69) is 15.0 Å². The van der Waals surface area contributed by atoms with Gasteiger partial charge in [0.05, 0.1) is 6.54 Å². The summed E-state index contributed by atoms with van der Waals surface area (Å²) in [6.07, 6.45) is 2.15. The van der Waals surface area contributed by atoms with Crippen molar-refractivity contribution in [2.45, 2.75) is 19.4 Å². The van der Waals surface area contributed by atoms with Crippen LogP contribution in [0.2, 0.25) is 0 Å². The topological polar surface area (TPSA) is 62.4 Å². The number of halogens is 1. The maximum absolute atomic E-state index is 12.9. The Morgan fingerprint density at radius 1 is 1.33 bits per heavy atom. The van der Waals surface area contributed by atoms with Crippen molar-refractivity contribution in [2.75, 3.05) is 19.7 Å². The lowest BCUT2D eigenvalue weighted by atomic mass is 9.99. The van der Waals surface area contributed by atoms with E-state index in [9.17, 15) is 9.50 Å². The number of likely N-dealkylation sites (tertiary alicyclic amines) is 1. The minimum absolute atomic E-state index is 0.226. The van der Waals surface area contributed by atoms with Crippen LogP contribution in [-0.4, -0.2) is 39.8 Å². The van der Waals surface area contributed by atoms with Crippen LogP contribution >= 0.6 is 0 Å². The van der Waals surface area contributed by atoms with Crippen LogP contribution in [0.4, 0.5) is 4.39 Å². The molecule has 112 valence electrons. The molecule has 0 saturated carbocycles. The number of rotatable bonds is 4. The summed E-state index contributed by atoms with van der Waals surface area (Å²) in [5.74, 6) is 1.07. The molecule has 1 fully saturated rings. The van der Waals surface area contributed by atoms with Gasteiger partial charge in [-0.25, -0.2) is 4.39 Å². The predicted octanol–water partition coefficient (Wildman–Crippen LogP) is 2.08. The van der Waals surface area contributed by atoms with Gasteiger partial charge in [-0.2, -0.15) is 4.98 Å². The van der Waals surface area contributed by atoms with Crippen LogP contribution in [0, 0.1) is 11.7 Å². The van der Waals surface area contributed by atoms with Gasteiger partial charge in [-0.1, -0.05) is 5.16 Å². The Balaban J connectivity index is 1.66. The predicted molar refractivity (Wildman–Crippen MR) is 74.8 cm³/mol. The molecule has 1 aliphatic heterocycles. The van der Waals surface area contributed by atoms with Crippen LogP contribution in [0.1, 0.15) is 18.7 Å². The lowest BCUT2D eigenvalue weighted by molar-refractivity contribution is 0.113. The molecular weight excluding hydrogens is 273 g/mol. The number of aliphatic hydroxyl groups is 1. The Morgan fingerprint density at radius 2 is 2.14 bits per heavy atom. The van der Waals surface area contributed by atoms with Crippen molar-refractivity contribution in [2.24, 2.45) is 5.92 Å². The SMILES string of the molecule is OCC1CCCN(Cc2noc(-c3ccc(F)cc3)n2)C1. The first kappa shape index (κ1) is 14.2. The molecule has 1 unspecified atom stereocenters. The summed E-state index contributed by atoms with van der Waals surface area (Å²) in [4.78, 5) is 6.58. The van der Waals surface area contributed by atoms with E-state index < -0.39 is 0 Å². The van der Waals surface area contributed by atoms with Gasteiger partial charge in [0.25, 0.3) is 5.89 Å². The lowest BCUT2D eigenvalue weighted by Crippen LogP contribution is -2.36. The fraction of sp³-hybridized carbons (Fsp3) is 0.467. The van der Waals surface area contributed by atoms with Crippen molar-refractivity contribution in [1.29, 1.82) is 0 Å². The standard InChI is InChI=1S/C15H18FN3O2/c16-13-5-3-12(4-6-13)15-17-14(18-21-15)9-19-7-1-2-11(8-19)10-20/h3-6,11,20H,1-2,7-10H2. The van der Waals surface area contributed by atoms with Crippen LogP contribution in [0.25, 0.3) is 11.5 Å². The first-order valence-corrected chi connectivity index (χ1v) is 7.16. The lowest BCUT2D eigenvalue weighted by Gasteiger charge is -2.30. The molecule has 21 heavy (non-hydrogen) atoms. The first-order chi connectivity index (χ1) is 10.2. The van der Waals surface area contributed by atoms with Crippen molar-refractivity contribution in [3.8, 4) is 11.5 Å². The van der Waals surface area contributed by atoms with Crippen molar-refractivity contribution >= 4 is 0 Å². The fourth-order valence-electron chi connectivity index (χ4n) is 2.67. The zero-order valence-electron chi connectivity index (χ0n) is 11.7. The third kappa shape index (κ3) is 3.46. The van der Waals surface area contributed by atoms with Gasteiger partial charge in [0, 0.05) is 18.7 Å². The van der Waals surface area contributed by atoms with Gasteiger partial charge in [-0.15, -0.1) is 0 Å². The van der Waals surface area contributed by atoms with E-state index in [-0.39, 0.29) is 12.4 Å². The van der Waals surface area contributed by atoms with Crippen LogP contribution < -0.4 is 0 Å². The average Bonchev–Trinajstić information content (AvgIpc) is 2.96. The summed E-state index contributed by atoms with van der Waals surface area (Å²) in [5.41, 5.74) is 0.710. The van der Waals surface area contributed by atoms with E-state index in [1.807, 2.05) is 0 Å². The number of aromatic nitrogens is 2. The molecule has 3 rings (SSSR count). The van der Waals surface area contributed by atoms with Gasteiger partial charge < -0.3 is 9.63 Å². The van der Waals surface area contributed by atoms with E-state index in [0.29, 0.717) is 29.7 Å². The molecule has 2 heterocycles. The molecule has 1 saturated heterocycles. The molecule has 1 aromatic carbocycles. The number of piperidine rings is 1. The molecule has 1 aliphatic rings. The third-order valence-electron chi connectivity index (χ3n) is 3.79. The fourth-order valence-corrected chi connectivity index (χ4v) is 2.67. The molecule has 0 amide bonds. The van der Waals surface area contributed by atoms with E-state index in [1.54, 1.807) is 12.1 Å². The quantitative estimate of drug-likeness (QED) is 0.934. The van der Waals surface area contributed by atoms with Crippen molar-refractivity contribution in [1.82, 2.24) is 15.0 Å². The second-order valence-electron chi connectivity index (χ2n) is 5.45. The molecular formula is C15H18FN3O2. The zero-order valence-corrected chi connectivity index (χ0v) is 11.7. The molecule has 0 aliphatic carbocycles. The molecule has 0 bridgehead atoms. The largest absolute Gasteiger partial charge is 0.396 e. The highest BCUT2D eigenvalue weighted by Crippen LogP contribution is 2.20. The number of benzene rings is 1. The number of hydrogen-bond donors (Lipinski definition) is 1. The summed E-state index contributed by atoms with van der Waals surface area (Å²) in [5, 5.41) is 13.2. The number of hydrogen-bond acceptors (Lipinski definition) is 5. The van der Waals surface area contributed by atoms with E-state index in [1.165, 1.54) is 12.1 Å². The van der Waals surface area contributed by atoms with Gasteiger partial charge in [0.2, 0.25) is 0 Å². The summed E-state index contributed by atoms with van der Waals surface area (Å²) >= 11 is 0. The molecule has 1 N–H and O–H groups in total. The minimum Gasteiger partial charge on any atom is -0.396 e. The zero-order chi connectivity index (χ0) is 14.7. The Hall–Kier alpha value is -1.79. The third-order valence-corrected chi connectivity index (χ3v) is 3.79. The number of aliphatic hydroxyl groups excluding tert-OH is 1. The minimum atomic E-state index is -0.290. The summed E-state index contributed by atoms with van der Waals surface area (Å²) in [6.45, 7) is 2.68. The highest BCUT2D eigenvalue weighted by atomic mass is 19.1. The van der Waals surface area contributed by atoms with Gasteiger partial charge in [0.1, 0.15) is 5.82 Å². The Bertz CT molecular complexity index is 585. The first-order valence-electron chi connectivity index (χ1n) is 7.16. The normalized spacial score (nSPS) is 19.8. The van der Waals surface area contributed by atoms with Gasteiger partial charge in [-0.05, 0) is 49.6 Å². The summed E-state index contributed by atoms with van der Waals surface area (Å²) in [6, 6.07) is 5.98. The van der Waals surface area contributed by atoms with Crippen LogP contribution in [0.15, 0.2) is 28.8 Å². The highest BCUT2D eigenvalue weighted by molar-refractivity contribution is 5.52. The Morgan fingerprint density at radius 3 is 2.90 bits per heavy atom. The van der Waals surface area contributed by atoms with Gasteiger partial charge in [0.15, 0.2) is 5.82 Å². The molecule has 2 aromatic rings. The van der Waals surface area contributed by atoms with E-state index in [0.717, 1.165) is 25.9 Å². The Kier molecular flexibility index (Phi) is 4.26. The molecule has 1 atom stereocenters. The average molecular weight is 291 g/mol. The van der Waals surface area contributed by atoms with E-state index >= 15 is 0 Å². The Labute approximate surface area is 122 Å². The summed E-state index contributed by atoms with van der Waals surface area (Å²) in [7, 11) is 0. The van der Waals surface area contributed by atoms with Crippen LogP contribution in [0.3, 0.4) is 0 Å². The molecule has 1 aromatic heterocycles. The highest BCUT2D eigenvalue weighted by Gasteiger charge is 2.21. The van der Waals surface area contributed by atoms with Crippen molar-refractivity contribution < 1.29 is 14.0 Å². The van der Waals surface area contributed by atoms with Crippen molar-refractivity contribution in [3.63, 3.8) is 0 Å². The monoisotopic (exact) mass is 291 g/mol. The molecule has 6 heteroatoms. The van der Waals surface area contributed by atoms with E-state index in [4.69, 9.17) is 4.52 Å². The second kappa shape index (κ2) is 6.32. The maximum atomic E-state index is 12.9. The summed E-state index contributed by atoms with van der Waals surface area (Å²) < 4.78 is 18.1. The smallest absolute Gasteiger partial charge is 0.257 e. The maximum Gasteiger partial charge on any atom is 0.257 e. The second-order valence-corrected chi connectivity index (χ2v) is 5.45. The van der Waals surface area contributed by atoms with Crippen LogP contribution in [-0.2, 0) is 6.54 Å². The van der Waals surface area contributed by atoms with Gasteiger partial charge >= 0.3 is 0 Å². The number of nitrogens with zero attached hydrogens (tertiary/aromatic N) is 3. The molecule has 5 nitrogen and oxygen atoms in total. The van der Waals surface area contributed by atoms with Gasteiger partial charge in [-0.3, -0.25) is 4.90 Å².